The molecular weight excluding hydrogens is 576 g/mol. The van der Waals surface area contributed by atoms with Crippen molar-refractivity contribution in [1.29, 1.82) is 0 Å². The number of azo groups is 1. The Hall–Kier alpha value is -3.92. The van der Waals surface area contributed by atoms with E-state index >= 15 is 0 Å². The van der Waals surface area contributed by atoms with Gasteiger partial charge in [-0.05, 0) is 73.4 Å². The lowest BCUT2D eigenvalue weighted by Gasteiger charge is -2.14. The van der Waals surface area contributed by atoms with Gasteiger partial charge in [0.1, 0.15) is 10.6 Å². The van der Waals surface area contributed by atoms with E-state index in [2.05, 4.69) is 20.7 Å². The molecule has 0 fully saturated rings. The first-order valence-electron chi connectivity index (χ1n) is 12.6. The summed E-state index contributed by atoms with van der Waals surface area (Å²) in [5.74, 6) is -1.32. The summed E-state index contributed by atoms with van der Waals surface area (Å²) in [5, 5.41) is 32.4. The molecular formula is C26H30N4O9S2. The molecule has 13 nitrogen and oxygen atoms in total. The van der Waals surface area contributed by atoms with Gasteiger partial charge < -0.3 is 15.6 Å². The van der Waals surface area contributed by atoms with Crippen LogP contribution in [0.3, 0.4) is 0 Å². The molecule has 0 bridgehead atoms. The molecule has 0 aliphatic rings. The van der Waals surface area contributed by atoms with Crippen molar-refractivity contribution in [2.24, 2.45) is 15.4 Å². The fraction of sp³-hybridized carbons (Fsp3) is 0.308. The predicted octanol–water partition coefficient (Wildman–Crippen LogP) is 5.76. The van der Waals surface area contributed by atoms with Crippen LogP contribution in [-0.4, -0.2) is 48.4 Å². The van der Waals surface area contributed by atoms with Crippen LogP contribution in [0.15, 0.2) is 67.6 Å². The number of carbonyl (C=O) groups excluding carboxylic acids is 1. The normalized spacial score (nSPS) is 12.5. The Bertz CT molecular complexity index is 1690. The van der Waals surface area contributed by atoms with Crippen LogP contribution >= 0.6 is 0 Å². The molecule has 0 atom stereocenters. The number of nitrogens with one attached hydrogen (secondary N) is 1. The van der Waals surface area contributed by atoms with Crippen molar-refractivity contribution in [3.05, 3.63) is 48.0 Å². The van der Waals surface area contributed by atoms with Gasteiger partial charge in [0.15, 0.2) is 5.75 Å². The summed E-state index contributed by atoms with van der Waals surface area (Å²) in [6, 6.07) is 9.55. The second-order valence-electron chi connectivity index (χ2n) is 9.15. The van der Waals surface area contributed by atoms with E-state index < -0.39 is 47.4 Å². The maximum absolute atomic E-state index is 12.3. The maximum Gasteiger partial charge on any atom is 0.296 e. The van der Waals surface area contributed by atoms with E-state index in [9.17, 15) is 35.8 Å². The van der Waals surface area contributed by atoms with E-state index in [1.807, 2.05) is 12.1 Å². The smallest absolute Gasteiger partial charge is 0.296 e. The van der Waals surface area contributed by atoms with Crippen molar-refractivity contribution < 1.29 is 41.0 Å². The standard InChI is InChI=1S/C26H30N4O9S2/c1-2-7-23(31)28-21-16-20(40(34,35)36)14-18-15-22(41(37,38)39)25(26(32)24(18)21)30-29-19-11-9-17(10-12-19)8-5-3-4-6-13-27-33/h9-16,32-33H,2-8H2,1H3,(H,28,31)(H,34,35,36)(H,37,38,39)/b27-13-,30-29?. The number of fused-ring (bicyclic) bond motifs is 1. The number of phenolic OH excluding ortho intramolecular Hbond substituents is 1. The zero-order valence-electron chi connectivity index (χ0n) is 22.1. The number of unbranched alkanes of at least 4 members (excludes halogenated alkanes) is 3. The molecule has 0 aromatic heterocycles. The van der Waals surface area contributed by atoms with Crippen LogP contribution in [0.1, 0.15) is 51.0 Å². The molecule has 5 N–H and O–H groups in total. The van der Waals surface area contributed by atoms with Crippen LogP contribution < -0.4 is 5.32 Å². The first kappa shape index (κ1) is 31.6. The van der Waals surface area contributed by atoms with Gasteiger partial charge in [0.2, 0.25) is 5.91 Å². The first-order valence-corrected chi connectivity index (χ1v) is 15.5. The van der Waals surface area contributed by atoms with Gasteiger partial charge in [-0.2, -0.15) is 21.9 Å². The van der Waals surface area contributed by atoms with Crippen molar-refractivity contribution in [2.45, 2.75) is 61.7 Å². The van der Waals surface area contributed by atoms with Crippen molar-refractivity contribution in [3.63, 3.8) is 0 Å². The van der Waals surface area contributed by atoms with Gasteiger partial charge >= 0.3 is 0 Å². The highest BCUT2D eigenvalue weighted by molar-refractivity contribution is 7.86. The number of anilines is 1. The van der Waals surface area contributed by atoms with E-state index in [4.69, 9.17) is 5.21 Å². The Morgan fingerprint density at radius 1 is 0.951 bits per heavy atom. The van der Waals surface area contributed by atoms with Crippen molar-refractivity contribution in [1.82, 2.24) is 0 Å². The summed E-state index contributed by atoms with van der Waals surface area (Å²) >= 11 is 0. The number of oxime groups is 1. The highest BCUT2D eigenvalue weighted by Crippen LogP contribution is 2.45. The largest absolute Gasteiger partial charge is 0.505 e. The Balaban J connectivity index is 2.03. The molecule has 0 radical (unpaired) electrons. The van der Waals surface area contributed by atoms with Gasteiger partial charge in [-0.1, -0.05) is 25.5 Å². The quantitative estimate of drug-likeness (QED) is 0.0399. The molecule has 3 rings (SSSR count). The van der Waals surface area contributed by atoms with Crippen LogP contribution in [0.25, 0.3) is 10.8 Å². The Morgan fingerprint density at radius 2 is 1.66 bits per heavy atom. The molecule has 15 heteroatoms. The lowest BCUT2D eigenvalue weighted by molar-refractivity contribution is -0.116. The monoisotopic (exact) mass is 606 g/mol. The molecule has 3 aromatic rings. The van der Waals surface area contributed by atoms with Gasteiger partial charge in [0.25, 0.3) is 20.2 Å². The summed E-state index contributed by atoms with van der Waals surface area (Å²) in [7, 11) is -9.80. The number of benzene rings is 3. The molecule has 0 spiro atoms. The van der Waals surface area contributed by atoms with Crippen LogP contribution in [0.2, 0.25) is 0 Å². The molecule has 3 aromatic carbocycles. The Morgan fingerprint density at radius 3 is 2.27 bits per heavy atom. The van der Waals surface area contributed by atoms with Crippen LogP contribution in [0.5, 0.6) is 5.75 Å². The van der Waals surface area contributed by atoms with Gasteiger partial charge in [0.05, 0.1) is 16.3 Å². The SMILES string of the molecule is CCCC(=O)Nc1cc(S(=O)(=O)O)cc2cc(S(=O)(=O)O)c(N=Nc3ccc(CCCCC/C=N\O)cc3)c(O)c12. The summed E-state index contributed by atoms with van der Waals surface area (Å²) in [6.07, 6.45) is 6.20. The molecule has 220 valence electrons. The zero-order chi connectivity index (χ0) is 30.2. The van der Waals surface area contributed by atoms with Gasteiger partial charge in [-0.15, -0.1) is 10.3 Å². The number of aryl methyl sites for hydroxylation is 1. The van der Waals surface area contributed by atoms with Crippen molar-refractivity contribution >= 4 is 60.2 Å². The zero-order valence-corrected chi connectivity index (χ0v) is 23.7. The third-order valence-electron chi connectivity index (χ3n) is 6.03. The number of rotatable bonds is 13. The van der Waals surface area contributed by atoms with E-state index in [0.29, 0.717) is 18.5 Å². The maximum atomic E-state index is 12.3. The molecule has 0 saturated carbocycles. The van der Waals surface area contributed by atoms with E-state index in [1.165, 1.54) is 6.21 Å². The number of phenols is 1. The summed E-state index contributed by atoms with van der Waals surface area (Å²) in [6.45, 7) is 1.74. The minimum Gasteiger partial charge on any atom is -0.505 e. The highest BCUT2D eigenvalue weighted by Gasteiger charge is 2.26. The minimum absolute atomic E-state index is 0.0581. The minimum atomic E-state index is -5.01. The van der Waals surface area contributed by atoms with Crippen LogP contribution in [-0.2, 0) is 31.5 Å². The summed E-state index contributed by atoms with van der Waals surface area (Å²) in [4.78, 5) is 10.8. The molecule has 0 aliphatic heterocycles. The number of hydrogen-bond acceptors (Lipinski definition) is 10. The molecule has 1 amide bonds. The first-order chi connectivity index (χ1) is 19.3. The second-order valence-corrected chi connectivity index (χ2v) is 12.0. The molecule has 0 aliphatic carbocycles. The van der Waals surface area contributed by atoms with Crippen LogP contribution in [0.4, 0.5) is 17.1 Å². The third kappa shape index (κ3) is 8.53. The summed E-state index contributed by atoms with van der Waals surface area (Å²) in [5.41, 5.74) is 0.472. The topological polar surface area (TPSA) is 215 Å². The third-order valence-corrected chi connectivity index (χ3v) is 7.73. The molecule has 0 unspecified atom stereocenters. The number of nitrogens with zero attached hydrogens (tertiary/aromatic N) is 3. The number of hydrogen-bond donors (Lipinski definition) is 5. The molecule has 0 heterocycles. The fourth-order valence-corrected chi connectivity index (χ4v) is 5.28. The lowest BCUT2D eigenvalue weighted by atomic mass is 10.1. The second kappa shape index (κ2) is 13.6. The van der Waals surface area contributed by atoms with Crippen molar-refractivity contribution in [2.75, 3.05) is 5.32 Å². The van der Waals surface area contributed by atoms with Crippen molar-refractivity contribution in [3.8, 4) is 5.75 Å². The van der Waals surface area contributed by atoms with E-state index in [1.54, 1.807) is 19.1 Å². The van der Waals surface area contributed by atoms with E-state index in [0.717, 1.165) is 49.4 Å². The van der Waals surface area contributed by atoms with E-state index in [-0.39, 0.29) is 22.9 Å². The van der Waals surface area contributed by atoms with Gasteiger partial charge in [-0.3, -0.25) is 13.9 Å². The molecule has 41 heavy (non-hydrogen) atoms. The van der Waals surface area contributed by atoms with Crippen LogP contribution in [0, 0.1) is 0 Å². The fourth-order valence-electron chi connectivity index (χ4n) is 4.08. The Labute approximate surface area is 237 Å². The number of aromatic hydroxyl groups is 1. The summed E-state index contributed by atoms with van der Waals surface area (Å²) < 4.78 is 67.5. The average molecular weight is 607 g/mol. The van der Waals surface area contributed by atoms with Gasteiger partial charge in [0, 0.05) is 18.0 Å². The highest BCUT2D eigenvalue weighted by atomic mass is 32.2. The molecule has 0 saturated heterocycles. The van der Waals surface area contributed by atoms with Gasteiger partial charge in [-0.25, -0.2) is 0 Å². The Kier molecular flexibility index (Phi) is 10.5. The average Bonchev–Trinajstić information content (AvgIpc) is 2.89. The lowest BCUT2D eigenvalue weighted by Crippen LogP contribution is -2.12. The number of carbonyl (C=O) groups is 1. The number of amides is 1. The predicted molar refractivity (Wildman–Crippen MR) is 152 cm³/mol.